The van der Waals surface area contributed by atoms with Gasteiger partial charge in [0, 0.05) is 42.2 Å². The van der Waals surface area contributed by atoms with Crippen LogP contribution in [0.25, 0.3) is 11.3 Å². The van der Waals surface area contributed by atoms with E-state index < -0.39 is 21.9 Å². The summed E-state index contributed by atoms with van der Waals surface area (Å²) in [6.07, 6.45) is 3.32. The van der Waals surface area contributed by atoms with Gasteiger partial charge in [-0.2, -0.15) is 8.42 Å². The molecule has 0 saturated carbocycles. The molecular weight excluding hydrogens is 329 g/mol. The molecule has 22 heavy (non-hydrogen) atoms. The van der Waals surface area contributed by atoms with Gasteiger partial charge in [-0.1, -0.05) is 0 Å². The summed E-state index contributed by atoms with van der Waals surface area (Å²) in [7, 11) is -4.58. The highest BCUT2D eigenvalue weighted by Crippen LogP contribution is 2.31. The molecule has 0 radical (unpaired) electrons. The van der Waals surface area contributed by atoms with E-state index in [1.54, 1.807) is 12.4 Å². The Hall–Kier alpha value is -1.87. The first-order valence-corrected chi connectivity index (χ1v) is 8.94. The lowest BCUT2D eigenvalue weighted by molar-refractivity contribution is -0.117. The van der Waals surface area contributed by atoms with Crippen LogP contribution in [0, 0.1) is 5.92 Å². The van der Waals surface area contributed by atoms with Gasteiger partial charge in [-0.15, -0.1) is 15.2 Å². The maximum absolute atomic E-state index is 12.7. The molecule has 0 bridgehead atoms. The molecule has 1 saturated heterocycles. The maximum Gasteiger partial charge on any atom is 0.302 e. The van der Waals surface area contributed by atoms with E-state index in [1.807, 2.05) is 17.5 Å². The highest BCUT2D eigenvalue weighted by Gasteiger charge is 2.35. The average molecular weight is 341 g/mol. The van der Waals surface area contributed by atoms with E-state index >= 15 is 0 Å². The summed E-state index contributed by atoms with van der Waals surface area (Å²) in [5.74, 6) is -1.39. The monoisotopic (exact) mass is 341 g/mol. The summed E-state index contributed by atoms with van der Waals surface area (Å²) in [6.45, 7) is 0.172. The van der Waals surface area contributed by atoms with Crippen molar-refractivity contribution in [3.63, 3.8) is 0 Å². The van der Waals surface area contributed by atoms with Crippen molar-refractivity contribution in [1.29, 1.82) is 0 Å². The molecule has 2 aromatic rings. The van der Waals surface area contributed by atoms with Gasteiger partial charge in [0.2, 0.25) is 5.91 Å². The predicted octanol–water partition coefficient (Wildman–Crippen LogP) is 1.86. The highest BCUT2D eigenvalue weighted by atomic mass is 32.3. The lowest BCUT2D eigenvalue weighted by atomic mass is 10.1. The van der Waals surface area contributed by atoms with E-state index in [0.29, 0.717) is 5.13 Å². The number of rotatable bonds is 4. The Morgan fingerprint density at radius 3 is 2.77 bits per heavy atom. The van der Waals surface area contributed by atoms with Crippen LogP contribution >= 0.6 is 11.3 Å². The van der Waals surface area contributed by atoms with E-state index in [-0.39, 0.29) is 18.9 Å². The minimum absolute atomic E-state index is 0.0212. The van der Waals surface area contributed by atoms with Gasteiger partial charge in [0.15, 0.2) is 5.13 Å². The first-order valence-electron chi connectivity index (χ1n) is 6.51. The quantitative estimate of drug-likeness (QED) is 0.793. The molecule has 0 aromatic carbocycles. The van der Waals surface area contributed by atoms with E-state index in [1.165, 1.54) is 16.2 Å². The minimum Gasteiger partial charge on any atom is -0.288 e. The second-order valence-electron chi connectivity index (χ2n) is 5.03. The second kappa shape index (κ2) is 5.73. The van der Waals surface area contributed by atoms with Gasteiger partial charge in [0.05, 0.1) is 11.4 Å². The molecule has 1 fully saturated rings. The van der Waals surface area contributed by atoms with Crippen molar-refractivity contribution in [2.75, 3.05) is 17.2 Å². The molecule has 1 aliphatic rings. The lowest BCUT2D eigenvalue weighted by Gasteiger charge is -2.12. The number of pyridine rings is 1. The molecule has 3 rings (SSSR count). The smallest absolute Gasteiger partial charge is 0.288 e. The molecular formula is C13H12FN3O3S2. The van der Waals surface area contributed by atoms with E-state index in [0.717, 1.165) is 11.3 Å². The first kappa shape index (κ1) is 15.0. The van der Waals surface area contributed by atoms with Crippen molar-refractivity contribution >= 4 is 32.6 Å². The Bertz CT molecular complexity index is 792. The van der Waals surface area contributed by atoms with Crippen LogP contribution < -0.4 is 4.90 Å². The van der Waals surface area contributed by atoms with Crippen LogP contribution in [0.15, 0.2) is 29.9 Å². The topological polar surface area (TPSA) is 80.2 Å². The van der Waals surface area contributed by atoms with Gasteiger partial charge in [-0.3, -0.25) is 14.7 Å². The summed E-state index contributed by atoms with van der Waals surface area (Å²) in [5, 5.41) is 2.31. The molecule has 1 unspecified atom stereocenters. The molecule has 0 N–H and O–H groups in total. The molecule has 0 spiro atoms. The number of aromatic nitrogens is 2. The van der Waals surface area contributed by atoms with Crippen molar-refractivity contribution in [2.24, 2.45) is 5.92 Å². The van der Waals surface area contributed by atoms with Crippen LogP contribution in [-0.2, 0) is 15.0 Å². The zero-order chi connectivity index (χ0) is 15.7. The number of hydrogen-bond donors (Lipinski definition) is 0. The molecule has 116 valence electrons. The largest absolute Gasteiger partial charge is 0.302 e. The van der Waals surface area contributed by atoms with Crippen LogP contribution in [0.3, 0.4) is 0 Å². The summed E-state index contributed by atoms with van der Waals surface area (Å²) in [6, 6.07) is 3.62. The maximum atomic E-state index is 12.7. The zero-order valence-electron chi connectivity index (χ0n) is 11.3. The average Bonchev–Trinajstić information content (AvgIpc) is 3.05. The summed E-state index contributed by atoms with van der Waals surface area (Å²) < 4.78 is 34.2. The Labute approximate surface area is 130 Å². The third-order valence-corrected chi connectivity index (χ3v) is 5.07. The van der Waals surface area contributed by atoms with Crippen molar-refractivity contribution in [3.8, 4) is 11.3 Å². The minimum atomic E-state index is -4.58. The van der Waals surface area contributed by atoms with Crippen molar-refractivity contribution in [3.05, 3.63) is 29.9 Å². The normalized spacial score (nSPS) is 18.9. The number of halogens is 1. The molecule has 0 aliphatic carbocycles. The Morgan fingerprint density at radius 1 is 1.36 bits per heavy atom. The van der Waals surface area contributed by atoms with E-state index in [2.05, 4.69) is 9.97 Å². The molecule has 6 nitrogen and oxygen atoms in total. The third-order valence-electron chi connectivity index (χ3n) is 3.34. The molecule has 9 heteroatoms. The van der Waals surface area contributed by atoms with Crippen LogP contribution in [0.4, 0.5) is 9.02 Å². The first-order chi connectivity index (χ1) is 10.4. The lowest BCUT2D eigenvalue weighted by Crippen LogP contribution is -2.25. The summed E-state index contributed by atoms with van der Waals surface area (Å²) in [5.41, 5.74) is 1.60. The van der Waals surface area contributed by atoms with Gasteiger partial charge >= 0.3 is 10.2 Å². The predicted molar refractivity (Wildman–Crippen MR) is 80.7 cm³/mol. The number of amides is 1. The van der Waals surface area contributed by atoms with Gasteiger partial charge in [-0.25, -0.2) is 4.98 Å². The third kappa shape index (κ3) is 3.30. The zero-order valence-corrected chi connectivity index (χ0v) is 13.0. The van der Waals surface area contributed by atoms with Gasteiger partial charge < -0.3 is 0 Å². The van der Waals surface area contributed by atoms with Gasteiger partial charge in [-0.05, 0) is 12.1 Å². The Kier molecular flexibility index (Phi) is 3.92. The second-order valence-corrected chi connectivity index (χ2v) is 7.28. The highest BCUT2D eigenvalue weighted by molar-refractivity contribution is 7.86. The van der Waals surface area contributed by atoms with Crippen LogP contribution in [0.2, 0.25) is 0 Å². The van der Waals surface area contributed by atoms with E-state index in [9.17, 15) is 17.1 Å². The molecule has 3 heterocycles. The van der Waals surface area contributed by atoms with Gasteiger partial charge in [0.1, 0.15) is 0 Å². The standard InChI is InChI=1S/C13H12FN3O3S2/c14-22(19,20)8-9-5-12(18)17(6-9)13-16-11(7-21-13)10-1-3-15-4-2-10/h1-4,7,9H,5-6,8H2. The fraction of sp³-hybridized carbons (Fsp3) is 0.308. The molecule has 1 aliphatic heterocycles. The van der Waals surface area contributed by atoms with Crippen molar-refractivity contribution in [1.82, 2.24) is 9.97 Å². The summed E-state index contributed by atoms with van der Waals surface area (Å²) in [4.78, 5) is 21.7. The fourth-order valence-electron chi connectivity index (χ4n) is 2.40. The fourth-order valence-corrected chi connectivity index (χ4v) is 4.05. The number of carbonyl (C=O) groups excluding carboxylic acids is 1. The number of thiazole rings is 1. The van der Waals surface area contributed by atoms with Crippen LogP contribution in [0.1, 0.15) is 6.42 Å². The molecule has 1 amide bonds. The SMILES string of the molecule is O=C1CC(CS(=O)(=O)F)CN1c1nc(-c2ccncc2)cs1. The van der Waals surface area contributed by atoms with Crippen LogP contribution in [-0.4, -0.2) is 36.6 Å². The van der Waals surface area contributed by atoms with Crippen molar-refractivity contribution < 1.29 is 17.1 Å². The van der Waals surface area contributed by atoms with E-state index in [4.69, 9.17) is 0 Å². The number of nitrogens with zero attached hydrogens (tertiary/aromatic N) is 3. The van der Waals surface area contributed by atoms with Crippen molar-refractivity contribution in [2.45, 2.75) is 6.42 Å². The molecule has 1 atom stereocenters. The summed E-state index contributed by atoms with van der Waals surface area (Å²) >= 11 is 1.30. The van der Waals surface area contributed by atoms with Gasteiger partial charge in [0.25, 0.3) is 0 Å². The Morgan fingerprint density at radius 2 is 2.09 bits per heavy atom. The van der Waals surface area contributed by atoms with Crippen LogP contribution in [0.5, 0.6) is 0 Å². The number of hydrogen-bond acceptors (Lipinski definition) is 6. The number of carbonyl (C=O) groups is 1. The Balaban J connectivity index is 1.78. The number of anilines is 1. The molecule has 2 aromatic heterocycles.